The molecule has 0 spiro atoms. The molecule has 0 saturated heterocycles. The third-order valence-corrected chi connectivity index (χ3v) is 3.55. The van der Waals surface area contributed by atoms with Crippen LogP contribution in [0.25, 0.3) is 0 Å². The van der Waals surface area contributed by atoms with Crippen molar-refractivity contribution in [1.29, 1.82) is 0 Å². The summed E-state index contributed by atoms with van der Waals surface area (Å²) >= 11 is 5.34. The average Bonchev–Trinajstić information content (AvgIpc) is 2.59. The molecule has 2 aromatic rings. The van der Waals surface area contributed by atoms with Crippen molar-refractivity contribution in [2.75, 3.05) is 12.4 Å². The third-order valence-electron chi connectivity index (χ3n) is 3.36. The van der Waals surface area contributed by atoms with Gasteiger partial charge in [0.2, 0.25) is 0 Å². The summed E-state index contributed by atoms with van der Waals surface area (Å²) in [5, 5.41) is 8.05. The second-order valence-electron chi connectivity index (χ2n) is 5.79. The molecule has 24 heavy (non-hydrogen) atoms. The average molecular weight is 341 g/mol. The van der Waals surface area contributed by atoms with E-state index in [-0.39, 0.29) is 0 Å². The van der Waals surface area contributed by atoms with Crippen LogP contribution in [0.4, 0.5) is 5.69 Å². The number of ether oxygens (including phenoxy) is 1. The molecular formula is C19H23N3OS. The van der Waals surface area contributed by atoms with E-state index in [0.717, 1.165) is 29.1 Å². The second kappa shape index (κ2) is 9.03. The van der Waals surface area contributed by atoms with Crippen molar-refractivity contribution in [1.82, 2.24) is 5.43 Å². The van der Waals surface area contributed by atoms with Crippen LogP contribution in [-0.2, 0) is 0 Å². The van der Waals surface area contributed by atoms with Gasteiger partial charge in [0.25, 0.3) is 0 Å². The maximum atomic E-state index is 5.34. The summed E-state index contributed by atoms with van der Waals surface area (Å²) < 4.78 is 5.31. The van der Waals surface area contributed by atoms with Crippen LogP contribution in [0.3, 0.4) is 0 Å². The predicted molar refractivity (Wildman–Crippen MR) is 105 cm³/mol. The number of rotatable bonds is 6. The topological polar surface area (TPSA) is 45.6 Å². The van der Waals surface area contributed by atoms with Crippen LogP contribution in [0.5, 0.6) is 5.75 Å². The van der Waals surface area contributed by atoms with Crippen LogP contribution in [0.15, 0.2) is 59.7 Å². The number of anilines is 1. The molecule has 0 aromatic heterocycles. The van der Waals surface area contributed by atoms with Crippen LogP contribution in [0.2, 0.25) is 0 Å². The number of hydrogen-bond donors (Lipinski definition) is 2. The van der Waals surface area contributed by atoms with Crippen molar-refractivity contribution in [2.45, 2.75) is 20.3 Å². The van der Waals surface area contributed by atoms with Crippen LogP contribution in [-0.4, -0.2) is 17.9 Å². The maximum absolute atomic E-state index is 5.34. The van der Waals surface area contributed by atoms with E-state index in [0.29, 0.717) is 11.0 Å². The Morgan fingerprint density at radius 3 is 2.42 bits per heavy atom. The van der Waals surface area contributed by atoms with E-state index >= 15 is 0 Å². The normalized spacial score (nSPS) is 11.2. The maximum Gasteiger partial charge on any atom is 0.191 e. The van der Waals surface area contributed by atoms with Crippen molar-refractivity contribution < 1.29 is 4.74 Å². The molecule has 126 valence electrons. The predicted octanol–water partition coefficient (Wildman–Crippen LogP) is 4.43. The minimum absolute atomic E-state index is 0.427. The van der Waals surface area contributed by atoms with Crippen LogP contribution >= 0.6 is 12.2 Å². The lowest BCUT2D eigenvalue weighted by Gasteiger charge is -2.13. The summed E-state index contributed by atoms with van der Waals surface area (Å²) in [6.07, 6.45) is 0.869. The first-order chi connectivity index (χ1) is 11.6. The SMILES string of the molecule is COc1ccccc1NC(=S)N/N=C(/CC(C)C)c1ccccc1. The quantitative estimate of drug-likeness (QED) is 0.463. The highest BCUT2D eigenvalue weighted by atomic mass is 32.1. The number of methoxy groups -OCH3 is 1. The highest BCUT2D eigenvalue weighted by Gasteiger charge is 2.08. The first-order valence-corrected chi connectivity index (χ1v) is 8.33. The van der Waals surface area contributed by atoms with Gasteiger partial charge in [-0.2, -0.15) is 5.10 Å². The molecule has 0 heterocycles. The van der Waals surface area contributed by atoms with Crippen molar-refractivity contribution in [3.63, 3.8) is 0 Å². The molecule has 0 aliphatic heterocycles. The number of hydrogen-bond acceptors (Lipinski definition) is 3. The van der Waals surface area contributed by atoms with Gasteiger partial charge in [-0.05, 0) is 42.3 Å². The van der Waals surface area contributed by atoms with Crippen LogP contribution < -0.4 is 15.5 Å². The fraction of sp³-hybridized carbons (Fsp3) is 0.263. The van der Waals surface area contributed by atoms with Gasteiger partial charge in [-0.25, -0.2) is 0 Å². The first-order valence-electron chi connectivity index (χ1n) is 7.92. The van der Waals surface area contributed by atoms with Crippen LogP contribution in [0, 0.1) is 5.92 Å². The zero-order valence-corrected chi connectivity index (χ0v) is 15.1. The standard InChI is InChI=1S/C19H23N3OS/c1-14(2)13-17(15-9-5-4-6-10-15)21-22-19(24)20-16-11-7-8-12-18(16)23-3/h4-12,14H,13H2,1-3H3,(H2,20,22,24)/b21-17-. The van der Waals surface area contributed by atoms with E-state index < -0.39 is 0 Å². The fourth-order valence-electron chi connectivity index (χ4n) is 2.26. The minimum Gasteiger partial charge on any atom is -0.495 e. The van der Waals surface area contributed by atoms with E-state index in [4.69, 9.17) is 17.0 Å². The molecule has 0 saturated carbocycles. The fourth-order valence-corrected chi connectivity index (χ4v) is 2.42. The van der Waals surface area contributed by atoms with Gasteiger partial charge in [-0.1, -0.05) is 56.3 Å². The monoisotopic (exact) mass is 341 g/mol. The molecule has 4 nitrogen and oxygen atoms in total. The largest absolute Gasteiger partial charge is 0.495 e. The van der Waals surface area contributed by atoms with Crippen LogP contribution in [0.1, 0.15) is 25.8 Å². The summed E-state index contributed by atoms with van der Waals surface area (Å²) in [5.41, 5.74) is 5.82. The Morgan fingerprint density at radius 1 is 1.08 bits per heavy atom. The smallest absolute Gasteiger partial charge is 0.191 e. The van der Waals surface area contributed by atoms with E-state index in [9.17, 15) is 0 Å². The number of para-hydroxylation sites is 2. The highest BCUT2D eigenvalue weighted by molar-refractivity contribution is 7.80. The molecule has 0 atom stereocenters. The lowest BCUT2D eigenvalue weighted by molar-refractivity contribution is 0.417. The van der Waals surface area contributed by atoms with Gasteiger partial charge in [0.05, 0.1) is 18.5 Å². The Hall–Kier alpha value is -2.40. The molecule has 2 rings (SSSR count). The third kappa shape index (κ3) is 5.35. The van der Waals surface area contributed by atoms with E-state index in [2.05, 4.69) is 41.8 Å². The molecule has 0 aliphatic carbocycles. The summed E-state index contributed by atoms with van der Waals surface area (Å²) in [5.74, 6) is 1.23. The Labute approximate surface area is 148 Å². The highest BCUT2D eigenvalue weighted by Crippen LogP contribution is 2.22. The van der Waals surface area contributed by atoms with E-state index in [1.807, 2.05) is 42.5 Å². The summed E-state index contributed by atoms with van der Waals surface area (Å²) in [4.78, 5) is 0. The Balaban J connectivity index is 2.09. The van der Waals surface area contributed by atoms with Gasteiger partial charge >= 0.3 is 0 Å². The second-order valence-corrected chi connectivity index (χ2v) is 6.20. The summed E-state index contributed by atoms with van der Waals surface area (Å²) in [6, 6.07) is 17.7. The van der Waals surface area contributed by atoms with Crippen molar-refractivity contribution in [3.8, 4) is 5.75 Å². The Bertz CT molecular complexity index is 699. The lowest BCUT2D eigenvalue weighted by atomic mass is 10.0. The van der Waals surface area contributed by atoms with E-state index in [1.165, 1.54) is 0 Å². The number of hydrazone groups is 1. The minimum atomic E-state index is 0.427. The lowest BCUT2D eigenvalue weighted by Crippen LogP contribution is -2.26. The summed E-state index contributed by atoms with van der Waals surface area (Å²) in [6.45, 7) is 4.34. The van der Waals surface area contributed by atoms with E-state index in [1.54, 1.807) is 7.11 Å². The molecule has 0 radical (unpaired) electrons. The Morgan fingerprint density at radius 2 is 1.75 bits per heavy atom. The number of nitrogens with zero attached hydrogens (tertiary/aromatic N) is 1. The van der Waals surface area contributed by atoms with Gasteiger partial charge in [0.1, 0.15) is 5.75 Å². The van der Waals surface area contributed by atoms with Crippen molar-refractivity contribution in [3.05, 3.63) is 60.2 Å². The molecule has 2 N–H and O–H groups in total. The molecule has 2 aromatic carbocycles. The Kier molecular flexibility index (Phi) is 6.75. The van der Waals surface area contributed by atoms with Gasteiger partial charge in [0, 0.05) is 0 Å². The number of thiocarbonyl (C=S) groups is 1. The molecule has 0 unspecified atom stereocenters. The van der Waals surface area contributed by atoms with Crippen molar-refractivity contribution in [2.24, 2.45) is 11.0 Å². The molecule has 0 aliphatic rings. The molecule has 0 amide bonds. The van der Waals surface area contributed by atoms with Crippen molar-refractivity contribution >= 4 is 28.7 Å². The number of nitrogens with one attached hydrogen (secondary N) is 2. The molecule has 5 heteroatoms. The molecular weight excluding hydrogens is 318 g/mol. The van der Waals surface area contributed by atoms with Gasteiger partial charge in [-0.3, -0.25) is 5.43 Å². The zero-order valence-electron chi connectivity index (χ0n) is 14.2. The summed E-state index contributed by atoms with van der Waals surface area (Å²) in [7, 11) is 1.63. The van der Waals surface area contributed by atoms with Gasteiger partial charge in [0.15, 0.2) is 5.11 Å². The van der Waals surface area contributed by atoms with Gasteiger partial charge < -0.3 is 10.1 Å². The number of benzene rings is 2. The molecule has 0 bridgehead atoms. The van der Waals surface area contributed by atoms with Gasteiger partial charge in [-0.15, -0.1) is 0 Å². The zero-order chi connectivity index (χ0) is 17.4. The molecule has 0 fully saturated rings. The first kappa shape index (κ1) is 17.9.